The quantitative estimate of drug-likeness (QED) is 0.208. The largest absolute Gasteiger partial charge is 0.256 e. The van der Waals surface area contributed by atoms with Crippen LogP contribution in [0.5, 0.6) is 0 Å². The van der Waals surface area contributed by atoms with E-state index in [1.54, 1.807) is 0 Å². The summed E-state index contributed by atoms with van der Waals surface area (Å²) in [5.74, 6) is 0. The van der Waals surface area contributed by atoms with Crippen molar-refractivity contribution in [1.29, 1.82) is 0 Å². The maximum atomic E-state index is 12.3. The summed E-state index contributed by atoms with van der Waals surface area (Å²) in [5, 5.41) is 1.00. The molecule has 2 aromatic heterocycles. The average Bonchev–Trinajstić information content (AvgIpc) is 2.85. The number of aryl methyl sites for hydroxylation is 1. The summed E-state index contributed by atoms with van der Waals surface area (Å²) in [7, 11) is 2.17. The van der Waals surface area contributed by atoms with E-state index < -0.39 is 8.89 Å². The third-order valence-corrected chi connectivity index (χ3v) is 6.03. The van der Waals surface area contributed by atoms with E-state index in [1.807, 2.05) is 32.2 Å². The normalized spacial score (nSPS) is 10.9. The second-order valence-electron chi connectivity index (χ2n) is 7.19. The molecule has 0 fully saturated rings. The van der Waals surface area contributed by atoms with E-state index in [-0.39, 0.29) is 0 Å². The van der Waals surface area contributed by atoms with Gasteiger partial charge in [-0.25, -0.2) is 9.18 Å². The molecule has 0 radical (unpaired) electrons. The Morgan fingerprint density at radius 2 is 1.59 bits per heavy atom. The van der Waals surface area contributed by atoms with Gasteiger partial charge >= 0.3 is 0 Å². The first-order chi connectivity index (χ1) is 15.7. The first-order valence-electron chi connectivity index (χ1n) is 10.9. The van der Waals surface area contributed by atoms with E-state index in [9.17, 15) is 4.20 Å². The molecule has 5 heteroatoms. The minimum atomic E-state index is -0.451. The Balaban J connectivity index is 0.00000141. The number of hydrogen-bond acceptors (Lipinski definition) is 2. The molecule has 2 aromatic carbocycles. The van der Waals surface area contributed by atoms with Gasteiger partial charge in [-0.05, 0) is 53.4 Å². The highest BCUT2D eigenvalue weighted by molar-refractivity contribution is 7.31. The smallest absolute Gasteiger partial charge is 0.0752 e. The third-order valence-electron chi connectivity index (χ3n) is 5.17. The van der Waals surface area contributed by atoms with Gasteiger partial charge in [0, 0.05) is 17.1 Å². The second kappa shape index (κ2) is 12.0. The molecule has 0 N–H and O–H groups in total. The van der Waals surface area contributed by atoms with Crippen molar-refractivity contribution in [3.63, 3.8) is 0 Å². The lowest BCUT2D eigenvalue weighted by Crippen LogP contribution is -1.99. The summed E-state index contributed by atoms with van der Waals surface area (Å²) in [6.45, 7) is 7.94. The Labute approximate surface area is 194 Å². The number of halogens is 1. The molecule has 0 aliphatic rings. The predicted molar refractivity (Wildman–Crippen MR) is 144 cm³/mol. The summed E-state index contributed by atoms with van der Waals surface area (Å²) in [6, 6.07) is 21.1. The van der Waals surface area contributed by atoms with Crippen molar-refractivity contribution in [2.24, 2.45) is 0 Å². The van der Waals surface area contributed by atoms with Crippen LogP contribution in [0.25, 0.3) is 39.4 Å². The Kier molecular flexibility index (Phi) is 9.03. The molecular formula is C27H29FN2P2. The highest BCUT2D eigenvalue weighted by Gasteiger charge is 2.08. The molecule has 0 amide bonds. The van der Waals surface area contributed by atoms with Gasteiger partial charge in [0.2, 0.25) is 0 Å². The molecule has 164 valence electrons. The fourth-order valence-corrected chi connectivity index (χ4v) is 4.08. The third kappa shape index (κ3) is 5.85. The molecule has 2 unspecified atom stereocenters. The number of rotatable bonds is 7. The summed E-state index contributed by atoms with van der Waals surface area (Å²) >= 11 is 0. The highest BCUT2D eigenvalue weighted by atomic mass is 31.1. The Morgan fingerprint density at radius 3 is 2.22 bits per heavy atom. The molecule has 2 atom stereocenters. The van der Waals surface area contributed by atoms with Crippen LogP contribution in [0, 0.1) is 0 Å². The van der Waals surface area contributed by atoms with Crippen molar-refractivity contribution in [3.8, 4) is 22.4 Å². The van der Waals surface area contributed by atoms with Gasteiger partial charge in [0.1, 0.15) is 0 Å². The van der Waals surface area contributed by atoms with Crippen molar-refractivity contribution < 1.29 is 4.20 Å². The van der Waals surface area contributed by atoms with Gasteiger partial charge in [0.05, 0.1) is 25.5 Å². The highest BCUT2D eigenvalue weighted by Crippen LogP contribution is 2.28. The zero-order chi connectivity index (χ0) is 22.9. The maximum Gasteiger partial charge on any atom is 0.0752 e. The van der Waals surface area contributed by atoms with E-state index in [0.29, 0.717) is 6.16 Å². The van der Waals surface area contributed by atoms with Crippen LogP contribution in [0.4, 0.5) is 4.20 Å². The lowest BCUT2D eigenvalue weighted by Gasteiger charge is -2.09. The van der Waals surface area contributed by atoms with E-state index in [0.717, 1.165) is 51.6 Å². The van der Waals surface area contributed by atoms with Crippen molar-refractivity contribution >= 4 is 40.5 Å². The molecular weight excluding hydrogens is 433 g/mol. The summed E-state index contributed by atoms with van der Waals surface area (Å²) in [4.78, 5) is 9.19. The molecule has 2 nitrogen and oxygen atoms in total. The molecule has 32 heavy (non-hydrogen) atoms. The Morgan fingerprint density at radius 1 is 0.969 bits per heavy atom. The lowest BCUT2D eigenvalue weighted by atomic mass is 9.99. The van der Waals surface area contributed by atoms with Gasteiger partial charge in [-0.2, -0.15) is 0 Å². The topological polar surface area (TPSA) is 25.8 Å². The molecule has 4 aromatic rings. The molecule has 0 aliphatic heterocycles. The van der Waals surface area contributed by atoms with E-state index >= 15 is 0 Å². The lowest BCUT2D eigenvalue weighted by molar-refractivity contribution is 0.870. The van der Waals surface area contributed by atoms with Gasteiger partial charge in [-0.1, -0.05) is 84.3 Å². The van der Waals surface area contributed by atoms with Crippen LogP contribution in [0.1, 0.15) is 31.4 Å². The van der Waals surface area contributed by atoms with E-state index in [4.69, 9.17) is 4.98 Å². The summed E-state index contributed by atoms with van der Waals surface area (Å²) in [6.07, 6.45) is 6.19. The first kappa shape index (κ1) is 24.2. The van der Waals surface area contributed by atoms with Gasteiger partial charge in [-0.3, -0.25) is 4.98 Å². The maximum absolute atomic E-state index is 12.3. The van der Waals surface area contributed by atoms with Crippen LogP contribution in [-0.2, 0) is 6.42 Å². The van der Waals surface area contributed by atoms with Gasteiger partial charge in [0.25, 0.3) is 0 Å². The first-order valence-corrected chi connectivity index (χ1v) is 12.6. The van der Waals surface area contributed by atoms with Crippen LogP contribution in [0.2, 0.25) is 0 Å². The van der Waals surface area contributed by atoms with E-state index in [1.165, 1.54) is 11.1 Å². The fourth-order valence-electron chi connectivity index (χ4n) is 3.54. The summed E-state index contributed by atoms with van der Waals surface area (Å²) < 4.78 is 12.3. The Bertz CT molecular complexity index is 1170. The standard InChI is InChI=1S/C25H23FN2P2.C2H6/c1-2-18-14-23(28-24-15-25(29)27-16-22(18)24)21-11-9-20(10-12-21)19-7-5-17(6-8-19)4-3-13-30-26;1-2/h2,5-12,14-16,30H,1,3-4,13,29H2;1-2H3. The van der Waals surface area contributed by atoms with Crippen LogP contribution < -0.4 is 5.44 Å². The second-order valence-corrected chi connectivity index (χ2v) is 8.55. The van der Waals surface area contributed by atoms with Gasteiger partial charge in [0.15, 0.2) is 0 Å². The van der Waals surface area contributed by atoms with Gasteiger partial charge in [-0.15, -0.1) is 0 Å². The molecule has 2 heterocycles. The number of hydrogen-bond donors (Lipinski definition) is 0. The predicted octanol–water partition coefficient (Wildman–Crippen LogP) is 7.63. The number of pyridine rings is 2. The zero-order valence-corrected chi connectivity index (χ0v) is 20.8. The SMILES string of the molecule is C=Cc1cc(-c2ccc(-c3ccc(CCCPF)cc3)cc2)nc2cc(P)ncc12.CC. The van der Waals surface area contributed by atoms with Crippen molar-refractivity contribution in [3.05, 3.63) is 84.6 Å². The van der Waals surface area contributed by atoms with E-state index in [2.05, 4.69) is 75.4 Å². The minimum Gasteiger partial charge on any atom is -0.256 e. The molecule has 0 spiro atoms. The monoisotopic (exact) mass is 462 g/mol. The number of aromatic nitrogens is 2. The molecule has 0 bridgehead atoms. The van der Waals surface area contributed by atoms with Crippen LogP contribution in [0.3, 0.4) is 0 Å². The van der Waals surface area contributed by atoms with Crippen molar-refractivity contribution in [2.45, 2.75) is 26.7 Å². The van der Waals surface area contributed by atoms with Crippen LogP contribution >= 0.6 is 18.1 Å². The van der Waals surface area contributed by atoms with Crippen molar-refractivity contribution in [2.75, 3.05) is 6.16 Å². The molecule has 0 saturated carbocycles. The number of fused-ring (bicyclic) bond motifs is 1. The van der Waals surface area contributed by atoms with Gasteiger partial charge < -0.3 is 0 Å². The molecule has 0 saturated heterocycles. The van der Waals surface area contributed by atoms with Crippen LogP contribution in [-0.4, -0.2) is 16.1 Å². The number of benzene rings is 2. The average molecular weight is 462 g/mol. The Hall–Kier alpha value is -2.47. The fraction of sp³-hybridized carbons (Fsp3) is 0.185. The zero-order valence-electron chi connectivity index (χ0n) is 18.6. The summed E-state index contributed by atoms with van der Waals surface area (Å²) in [5.41, 5.74) is 8.39. The molecule has 0 aliphatic carbocycles. The van der Waals surface area contributed by atoms with Crippen LogP contribution in [0.15, 0.2) is 73.4 Å². The molecule has 4 rings (SSSR count). The van der Waals surface area contributed by atoms with Crippen molar-refractivity contribution in [1.82, 2.24) is 9.97 Å². The minimum absolute atomic E-state index is 0.451. The number of nitrogens with zero attached hydrogens (tertiary/aromatic N) is 2.